The van der Waals surface area contributed by atoms with Crippen molar-refractivity contribution in [3.8, 4) is 56.0 Å². The molecule has 0 heterocycles. The average molecular weight is 829 g/mol. The van der Waals surface area contributed by atoms with Crippen LogP contribution < -0.4 is 9.47 Å². The molecule has 8 aromatic rings. The number of ether oxygens (including phenoxy) is 2. The van der Waals surface area contributed by atoms with Gasteiger partial charge in [0, 0.05) is 0 Å². The van der Waals surface area contributed by atoms with Crippen molar-refractivity contribution >= 4 is 21.5 Å². The molecule has 0 spiro atoms. The zero-order chi connectivity index (χ0) is 43.1. The van der Waals surface area contributed by atoms with Crippen LogP contribution in [-0.4, -0.2) is 12.7 Å². The highest BCUT2D eigenvalue weighted by Crippen LogP contribution is 2.34. The fourth-order valence-electron chi connectivity index (χ4n) is 7.14. The molecule has 0 bridgehead atoms. The third kappa shape index (κ3) is 10.9. The van der Waals surface area contributed by atoms with Gasteiger partial charge in [-0.05, 0) is 127 Å². The molecular formula is C52H39F7O2. The lowest BCUT2D eigenvalue weighted by Crippen LogP contribution is -2.17. The molecular weight excluding hydrogens is 790 g/mol. The van der Waals surface area contributed by atoms with E-state index in [1.165, 1.54) is 45.5 Å². The zero-order valence-electron chi connectivity index (χ0n) is 33.0. The Hall–Kier alpha value is -6.87. The normalized spacial score (nSPS) is 11.5. The van der Waals surface area contributed by atoms with E-state index < -0.39 is 24.3 Å². The van der Waals surface area contributed by atoms with Crippen molar-refractivity contribution in [1.29, 1.82) is 0 Å². The molecule has 0 amide bonds. The Bertz CT molecular complexity index is 2770. The number of halogens is 7. The van der Waals surface area contributed by atoms with E-state index in [4.69, 9.17) is 0 Å². The van der Waals surface area contributed by atoms with Crippen LogP contribution in [0.25, 0.3) is 66.1 Å². The first-order chi connectivity index (χ1) is 29.2. The maximum atomic E-state index is 14.0. The van der Waals surface area contributed by atoms with Gasteiger partial charge in [-0.15, -0.1) is 32.9 Å². The maximum absolute atomic E-state index is 14.0. The summed E-state index contributed by atoms with van der Waals surface area (Å²) in [7, 11) is 0. The van der Waals surface area contributed by atoms with Crippen molar-refractivity contribution in [1.82, 2.24) is 0 Å². The molecule has 0 radical (unpaired) electrons. The quantitative estimate of drug-likeness (QED) is 0.101. The van der Waals surface area contributed by atoms with E-state index in [-0.39, 0.29) is 5.75 Å². The van der Waals surface area contributed by atoms with Gasteiger partial charge in [-0.2, -0.15) is 0 Å². The number of alkyl halides is 6. The second kappa shape index (κ2) is 18.2. The van der Waals surface area contributed by atoms with E-state index in [1.54, 1.807) is 12.1 Å². The van der Waals surface area contributed by atoms with Crippen LogP contribution in [0.2, 0.25) is 0 Å². The summed E-state index contributed by atoms with van der Waals surface area (Å²) in [5.41, 5.74) is 9.79. The number of allylic oxidation sites excluding steroid dienone is 1. The molecule has 0 fully saturated rings. The van der Waals surface area contributed by atoms with Gasteiger partial charge >= 0.3 is 12.7 Å². The van der Waals surface area contributed by atoms with Crippen molar-refractivity contribution in [2.45, 2.75) is 38.9 Å². The number of hydrogen-bond acceptors (Lipinski definition) is 2. The number of benzene rings is 8. The van der Waals surface area contributed by atoms with E-state index >= 15 is 0 Å². The van der Waals surface area contributed by atoms with E-state index in [0.717, 1.165) is 70.2 Å². The molecule has 0 N–H and O–H groups in total. The summed E-state index contributed by atoms with van der Waals surface area (Å²) < 4.78 is 95.5. The Morgan fingerprint density at radius 2 is 1.00 bits per heavy atom. The third-order valence-electron chi connectivity index (χ3n) is 10.2. The number of fused-ring (bicyclic) bond motifs is 2. The Balaban J connectivity index is 0.000000184. The fourth-order valence-corrected chi connectivity index (χ4v) is 7.14. The van der Waals surface area contributed by atoms with Crippen LogP contribution in [0.5, 0.6) is 11.5 Å². The van der Waals surface area contributed by atoms with Crippen molar-refractivity contribution < 1.29 is 40.2 Å². The molecule has 8 aromatic carbocycles. The first kappa shape index (κ1) is 42.3. The van der Waals surface area contributed by atoms with Crippen LogP contribution in [0.3, 0.4) is 0 Å². The topological polar surface area (TPSA) is 18.5 Å². The minimum absolute atomic E-state index is 0.226. The molecule has 0 unspecified atom stereocenters. The van der Waals surface area contributed by atoms with Crippen LogP contribution >= 0.6 is 0 Å². The summed E-state index contributed by atoms with van der Waals surface area (Å²) >= 11 is 0. The smallest absolute Gasteiger partial charge is 0.406 e. The van der Waals surface area contributed by atoms with Gasteiger partial charge in [0.1, 0.15) is 5.75 Å². The molecule has 308 valence electrons. The lowest BCUT2D eigenvalue weighted by molar-refractivity contribution is -0.276. The van der Waals surface area contributed by atoms with Gasteiger partial charge in [0.15, 0.2) is 11.6 Å². The van der Waals surface area contributed by atoms with Crippen LogP contribution in [0.1, 0.15) is 24.5 Å². The fraction of sp³-hybridized carbons (Fsp3) is 0.115. The molecule has 0 aliphatic carbocycles. The maximum Gasteiger partial charge on any atom is 0.573 e. The Morgan fingerprint density at radius 1 is 0.492 bits per heavy atom. The summed E-state index contributed by atoms with van der Waals surface area (Å²) in [6.07, 6.45) is -4.76. The molecule has 61 heavy (non-hydrogen) atoms. The molecule has 0 saturated carbocycles. The molecule has 2 nitrogen and oxygen atoms in total. The predicted octanol–water partition coefficient (Wildman–Crippen LogP) is 16.0. The molecule has 8 rings (SSSR count). The highest BCUT2D eigenvalue weighted by atomic mass is 19.4. The summed E-state index contributed by atoms with van der Waals surface area (Å²) in [5.74, 6) is -2.13. The van der Waals surface area contributed by atoms with Crippen molar-refractivity contribution in [3.63, 3.8) is 0 Å². The highest BCUT2D eigenvalue weighted by molar-refractivity contribution is 5.97. The van der Waals surface area contributed by atoms with Gasteiger partial charge in [-0.1, -0.05) is 146 Å². The average Bonchev–Trinajstić information content (AvgIpc) is 3.25. The Labute approximate surface area is 349 Å². The summed E-state index contributed by atoms with van der Waals surface area (Å²) in [4.78, 5) is 0. The molecule has 0 aromatic heterocycles. The number of rotatable bonds is 10. The van der Waals surface area contributed by atoms with Crippen LogP contribution in [-0.2, 0) is 12.8 Å². The third-order valence-corrected chi connectivity index (χ3v) is 10.2. The van der Waals surface area contributed by atoms with Crippen molar-refractivity contribution in [2.24, 2.45) is 0 Å². The standard InChI is InChI=1S/C27H21F3O.C25H18F4O/c1-2-3-5-19-8-17-26-23(18-19)6-4-7-25(26)22-11-9-20(10-12-22)21-13-15-24(16-14-21)31-27(28,29)30;1-2-16-3-4-21-14-20(10-9-19(21)13-16)17-5-7-18(8-6-17)22-11-12-24(23(26)15-22)30-25(27,28)29/h2,4,6-18H,1,3,5H2;3-15H,2H2,1H3. The summed E-state index contributed by atoms with van der Waals surface area (Å²) in [6, 6.07) is 50.3. The zero-order valence-corrected chi connectivity index (χ0v) is 33.0. The minimum Gasteiger partial charge on any atom is -0.406 e. The molecule has 9 heteroatoms. The van der Waals surface area contributed by atoms with E-state index in [2.05, 4.69) is 95.8 Å². The van der Waals surface area contributed by atoms with E-state index in [1.807, 2.05) is 54.6 Å². The SMILES string of the molecule is C=CCCc1ccc2c(-c3ccc(-c4ccc(OC(F)(F)F)cc4)cc3)cccc2c1.CCc1ccc2cc(-c3ccc(-c4ccc(OC(F)(F)F)c(F)c4)cc3)ccc2c1. The van der Waals surface area contributed by atoms with Gasteiger partial charge in [-0.3, -0.25) is 0 Å². The van der Waals surface area contributed by atoms with E-state index in [0.29, 0.717) is 11.1 Å². The Kier molecular flexibility index (Phi) is 12.6. The number of aryl methyl sites for hydroxylation is 2. The molecule has 0 aliphatic heterocycles. The second-order valence-electron chi connectivity index (χ2n) is 14.4. The second-order valence-corrected chi connectivity index (χ2v) is 14.4. The lowest BCUT2D eigenvalue weighted by atomic mass is 9.94. The molecule has 0 aliphatic rings. The minimum atomic E-state index is -4.93. The first-order valence-corrected chi connectivity index (χ1v) is 19.5. The van der Waals surface area contributed by atoms with Gasteiger partial charge in [0.05, 0.1) is 0 Å². The lowest BCUT2D eigenvalue weighted by Gasteiger charge is -2.11. The van der Waals surface area contributed by atoms with Gasteiger partial charge < -0.3 is 9.47 Å². The monoisotopic (exact) mass is 828 g/mol. The summed E-state index contributed by atoms with van der Waals surface area (Å²) in [5, 5.41) is 4.72. The first-order valence-electron chi connectivity index (χ1n) is 19.5. The van der Waals surface area contributed by atoms with Gasteiger partial charge in [0.25, 0.3) is 0 Å². The van der Waals surface area contributed by atoms with E-state index in [9.17, 15) is 30.7 Å². The predicted molar refractivity (Wildman–Crippen MR) is 231 cm³/mol. The number of hydrogen-bond donors (Lipinski definition) is 0. The molecule has 0 saturated heterocycles. The van der Waals surface area contributed by atoms with Crippen molar-refractivity contribution in [3.05, 3.63) is 193 Å². The largest absolute Gasteiger partial charge is 0.573 e. The van der Waals surface area contributed by atoms with Crippen LogP contribution in [0.15, 0.2) is 176 Å². The van der Waals surface area contributed by atoms with Gasteiger partial charge in [-0.25, -0.2) is 4.39 Å². The van der Waals surface area contributed by atoms with Gasteiger partial charge in [0.2, 0.25) is 0 Å². The molecule has 0 atom stereocenters. The summed E-state index contributed by atoms with van der Waals surface area (Å²) in [6.45, 7) is 5.91. The van der Waals surface area contributed by atoms with Crippen molar-refractivity contribution in [2.75, 3.05) is 0 Å². The van der Waals surface area contributed by atoms with Crippen LogP contribution in [0.4, 0.5) is 30.7 Å². The highest BCUT2D eigenvalue weighted by Gasteiger charge is 2.32. The van der Waals surface area contributed by atoms with Crippen LogP contribution in [0, 0.1) is 5.82 Å². The Morgan fingerprint density at radius 3 is 1.61 bits per heavy atom.